The van der Waals surface area contributed by atoms with Crippen molar-refractivity contribution in [2.45, 2.75) is 32.5 Å². The SMILES string of the molecule is CC(C)N(CC(F)(F)F)c1nnc(CCN)o1. The number of nitrogens with zero attached hydrogens (tertiary/aromatic N) is 3. The second-order valence-electron chi connectivity index (χ2n) is 3.85. The number of halogens is 3. The first-order chi connectivity index (χ1) is 7.83. The third-order valence-corrected chi connectivity index (χ3v) is 2.03. The van der Waals surface area contributed by atoms with Crippen molar-refractivity contribution in [2.24, 2.45) is 5.73 Å². The average molecular weight is 252 g/mol. The van der Waals surface area contributed by atoms with Crippen molar-refractivity contribution in [1.29, 1.82) is 0 Å². The summed E-state index contributed by atoms with van der Waals surface area (Å²) in [4.78, 5) is 1.01. The van der Waals surface area contributed by atoms with Gasteiger partial charge in [0.25, 0.3) is 0 Å². The molecule has 1 rings (SSSR count). The fraction of sp³-hybridized carbons (Fsp3) is 0.778. The van der Waals surface area contributed by atoms with E-state index in [1.165, 1.54) is 0 Å². The predicted molar refractivity (Wildman–Crippen MR) is 55.6 cm³/mol. The van der Waals surface area contributed by atoms with Gasteiger partial charge in [-0.15, -0.1) is 5.10 Å². The molecule has 0 atom stereocenters. The van der Waals surface area contributed by atoms with Crippen LogP contribution in [-0.2, 0) is 6.42 Å². The molecule has 0 saturated heterocycles. The fourth-order valence-electron chi connectivity index (χ4n) is 1.25. The molecule has 8 heteroatoms. The first-order valence-electron chi connectivity index (χ1n) is 5.19. The number of hydrogen-bond acceptors (Lipinski definition) is 5. The number of anilines is 1. The minimum absolute atomic E-state index is 0.124. The van der Waals surface area contributed by atoms with Gasteiger partial charge in [-0.05, 0) is 13.8 Å². The summed E-state index contributed by atoms with van der Waals surface area (Å²) in [5.41, 5.74) is 5.29. The smallest absolute Gasteiger partial charge is 0.406 e. The van der Waals surface area contributed by atoms with Crippen LogP contribution in [0.4, 0.5) is 19.2 Å². The molecule has 1 heterocycles. The summed E-state index contributed by atoms with van der Waals surface area (Å²) >= 11 is 0. The minimum atomic E-state index is -4.31. The number of nitrogens with two attached hydrogens (primary N) is 1. The molecular weight excluding hydrogens is 237 g/mol. The maximum absolute atomic E-state index is 12.4. The highest BCUT2D eigenvalue weighted by molar-refractivity contribution is 5.26. The van der Waals surface area contributed by atoms with Crippen molar-refractivity contribution < 1.29 is 17.6 Å². The first kappa shape index (κ1) is 13.8. The molecule has 0 unspecified atom stereocenters. The molecule has 1 aromatic heterocycles. The van der Waals surface area contributed by atoms with E-state index in [1.807, 2.05) is 0 Å². The predicted octanol–water partition coefficient (Wildman–Crippen LogP) is 1.35. The van der Waals surface area contributed by atoms with Crippen molar-refractivity contribution >= 4 is 6.01 Å². The summed E-state index contributed by atoms with van der Waals surface area (Å²) in [6.45, 7) is 2.44. The second-order valence-corrected chi connectivity index (χ2v) is 3.85. The van der Waals surface area contributed by atoms with E-state index >= 15 is 0 Å². The lowest BCUT2D eigenvalue weighted by atomic mass is 10.3. The van der Waals surface area contributed by atoms with E-state index in [9.17, 15) is 13.2 Å². The zero-order valence-corrected chi connectivity index (χ0v) is 9.66. The largest absolute Gasteiger partial charge is 0.408 e. The molecule has 1 aromatic rings. The molecule has 0 fully saturated rings. The lowest BCUT2D eigenvalue weighted by Crippen LogP contribution is -2.39. The van der Waals surface area contributed by atoms with E-state index in [4.69, 9.17) is 10.2 Å². The highest BCUT2D eigenvalue weighted by atomic mass is 19.4. The number of rotatable bonds is 5. The molecule has 0 aromatic carbocycles. The first-order valence-corrected chi connectivity index (χ1v) is 5.19. The number of aromatic nitrogens is 2. The Balaban J connectivity index is 2.82. The summed E-state index contributed by atoms with van der Waals surface area (Å²) in [7, 11) is 0. The molecule has 98 valence electrons. The van der Waals surface area contributed by atoms with E-state index in [1.54, 1.807) is 13.8 Å². The van der Waals surface area contributed by atoms with Crippen molar-refractivity contribution in [3.63, 3.8) is 0 Å². The van der Waals surface area contributed by atoms with Gasteiger partial charge in [0.2, 0.25) is 5.89 Å². The van der Waals surface area contributed by atoms with Crippen LogP contribution >= 0.6 is 0 Å². The lowest BCUT2D eigenvalue weighted by Gasteiger charge is -2.25. The molecule has 17 heavy (non-hydrogen) atoms. The van der Waals surface area contributed by atoms with Crippen LogP contribution < -0.4 is 10.6 Å². The Morgan fingerprint density at radius 3 is 2.47 bits per heavy atom. The molecule has 0 saturated carbocycles. The van der Waals surface area contributed by atoms with Crippen LogP contribution in [0.5, 0.6) is 0 Å². The summed E-state index contributed by atoms with van der Waals surface area (Å²) in [6.07, 6.45) is -3.96. The van der Waals surface area contributed by atoms with E-state index < -0.39 is 12.7 Å². The summed E-state index contributed by atoms with van der Waals surface area (Å²) in [5.74, 6) is 0.246. The fourth-order valence-corrected chi connectivity index (χ4v) is 1.25. The molecule has 2 N–H and O–H groups in total. The van der Waals surface area contributed by atoms with Gasteiger partial charge in [0, 0.05) is 19.0 Å². The molecule has 5 nitrogen and oxygen atoms in total. The summed E-state index contributed by atoms with van der Waals surface area (Å²) < 4.78 is 42.2. The van der Waals surface area contributed by atoms with Gasteiger partial charge in [-0.1, -0.05) is 5.10 Å². The van der Waals surface area contributed by atoms with Gasteiger partial charge < -0.3 is 15.1 Å². The zero-order chi connectivity index (χ0) is 13.1. The van der Waals surface area contributed by atoms with Gasteiger partial charge >= 0.3 is 12.2 Å². The number of hydrogen-bond donors (Lipinski definition) is 1. The van der Waals surface area contributed by atoms with E-state index in [2.05, 4.69) is 10.2 Å². The summed E-state index contributed by atoms with van der Waals surface area (Å²) in [6, 6.07) is -0.511. The molecule has 0 aliphatic rings. The van der Waals surface area contributed by atoms with Gasteiger partial charge in [0.1, 0.15) is 6.54 Å². The van der Waals surface area contributed by atoms with Crippen LogP contribution in [0.25, 0.3) is 0 Å². The monoisotopic (exact) mass is 252 g/mol. The zero-order valence-electron chi connectivity index (χ0n) is 9.66. The molecule has 0 aliphatic carbocycles. The van der Waals surface area contributed by atoms with Gasteiger partial charge in [0.05, 0.1) is 0 Å². The molecule has 0 aliphatic heterocycles. The van der Waals surface area contributed by atoms with Crippen molar-refractivity contribution in [3.05, 3.63) is 5.89 Å². The molecule has 0 bridgehead atoms. The maximum atomic E-state index is 12.4. The van der Waals surface area contributed by atoms with E-state index in [0.717, 1.165) is 4.90 Å². The highest BCUT2D eigenvalue weighted by Gasteiger charge is 2.34. The molecule has 0 amide bonds. The summed E-state index contributed by atoms with van der Waals surface area (Å²) in [5, 5.41) is 7.23. The topological polar surface area (TPSA) is 68.2 Å². The highest BCUT2D eigenvalue weighted by Crippen LogP contribution is 2.23. The van der Waals surface area contributed by atoms with Crippen molar-refractivity contribution in [2.75, 3.05) is 18.0 Å². The van der Waals surface area contributed by atoms with Crippen LogP contribution in [-0.4, -0.2) is 35.5 Å². The van der Waals surface area contributed by atoms with Crippen LogP contribution in [0.2, 0.25) is 0 Å². The normalized spacial score (nSPS) is 12.2. The van der Waals surface area contributed by atoms with Crippen LogP contribution in [0, 0.1) is 0 Å². The maximum Gasteiger partial charge on any atom is 0.406 e. The Morgan fingerprint density at radius 2 is 2.00 bits per heavy atom. The Bertz CT molecular complexity index is 350. The second kappa shape index (κ2) is 5.35. The van der Waals surface area contributed by atoms with Crippen molar-refractivity contribution in [3.8, 4) is 0 Å². The molecule has 0 spiro atoms. The van der Waals surface area contributed by atoms with Gasteiger partial charge in [-0.3, -0.25) is 0 Å². The molecule has 0 radical (unpaired) electrons. The average Bonchev–Trinajstić information content (AvgIpc) is 2.61. The Kier molecular flexibility index (Phi) is 4.33. The Labute approximate surface area is 96.8 Å². The van der Waals surface area contributed by atoms with Crippen LogP contribution in [0.15, 0.2) is 4.42 Å². The lowest BCUT2D eigenvalue weighted by molar-refractivity contribution is -0.121. The van der Waals surface area contributed by atoms with Gasteiger partial charge in [0.15, 0.2) is 0 Å². The van der Waals surface area contributed by atoms with Gasteiger partial charge in [-0.25, -0.2) is 0 Å². The third kappa shape index (κ3) is 4.22. The van der Waals surface area contributed by atoms with Crippen LogP contribution in [0.1, 0.15) is 19.7 Å². The van der Waals surface area contributed by atoms with Crippen molar-refractivity contribution in [1.82, 2.24) is 10.2 Å². The van der Waals surface area contributed by atoms with E-state index in [-0.39, 0.29) is 17.9 Å². The Morgan fingerprint density at radius 1 is 1.35 bits per heavy atom. The minimum Gasteiger partial charge on any atom is -0.408 e. The quantitative estimate of drug-likeness (QED) is 0.856. The molecular formula is C9H15F3N4O. The Hall–Kier alpha value is -1.31. The van der Waals surface area contributed by atoms with Gasteiger partial charge in [-0.2, -0.15) is 13.2 Å². The third-order valence-electron chi connectivity index (χ3n) is 2.03. The number of alkyl halides is 3. The van der Waals surface area contributed by atoms with E-state index in [0.29, 0.717) is 13.0 Å². The standard InChI is InChI=1S/C9H15F3N4O/c1-6(2)16(5-9(10,11)12)8-15-14-7(17-8)3-4-13/h6H,3-5,13H2,1-2H3. The van der Waals surface area contributed by atoms with Crippen LogP contribution in [0.3, 0.4) is 0 Å².